The number of carbonyl (C=O) groups excluding carboxylic acids is 1. The molecule has 2 rings (SSSR count). The minimum atomic E-state index is -0.964. The van der Waals surface area contributed by atoms with Crippen molar-refractivity contribution < 1.29 is 14.7 Å². The Hall–Kier alpha value is -1.84. The zero-order valence-electron chi connectivity index (χ0n) is 13.3. The number of benzene rings is 1. The highest BCUT2D eigenvalue weighted by Crippen LogP contribution is 2.29. The summed E-state index contributed by atoms with van der Waals surface area (Å²) in [6.45, 7) is 4.53. The third-order valence-corrected chi connectivity index (χ3v) is 4.62. The number of carboxylic acids is 1. The standard InChI is InChI=1S/C18H25NO3/c1-12(2)14-6-8-16(9-7-14)19-17(20)11-13-4-3-5-15(10-13)18(21)22/h3-5,10,12,14,16H,6-9,11H2,1-2H3,(H,19,20)(H,21,22). The maximum absolute atomic E-state index is 12.1. The maximum Gasteiger partial charge on any atom is 0.335 e. The Bertz CT molecular complexity index is 531. The Morgan fingerprint density at radius 2 is 1.91 bits per heavy atom. The summed E-state index contributed by atoms with van der Waals surface area (Å²) in [5.41, 5.74) is 0.969. The van der Waals surface area contributed by atoms with E-state index in [4.69, 9.17) is 5.11 Å². The molecule has 1 aromatic carbocycles. The number of carbonyl (C=O) groups is 2. The van der Waals surface area contributed by atoms with Gasteiger partial charge in [0.1, 0.15) is 0 Å². The number of hydrogen-bond donors (Lipinski definition) is 2. The van der Waals surface area contributed by atoms with Crippen molar-refractivity contribution in [1.82, 2.24) is 5.32 Å². The van der Waals surface area contributed by atoms with Crippen LogP contribution in [0.3, 0.4) is 0 Å². The van der Waals surface area contributed by atoms with E-state index in [9.17, 15) is 9.59 Å². The predicted molar refractivity (Wildman–Crippen MR) is 85.8 cm³/mol. The van der Waals surface area contributed by atoms with Gasteiger partial charge in [0.05, 0.1) is 12.0 Å². The smallest absolute Gasteiger partial charge is 0.335 e. The van der Waals surface area contributed by atoms with Gasteiger partial charge in [-0.2, -0.15) is 0 Å². The number of hydrogen-bond acceptors (Lipinski definition) is 2. The molecule has 1 aliphatic rings. The molecule has 1 aromatic rings. The summed E-state index contributed by atoms with van der Waals surface area (Å²) in [7, 11) is 0. The minimum absolute atomic E-state index is 0.0180. The van der Waals surface area contributed by atoms with Gasteiger partial charge < -0.3 is 10.4 Å². The molecule has 1 aliphatic carbocycles. The second-order valence-electron chi connectivity index (χ2n) is 6.61. The fourth-order valence-corrected chi connectivity index (χ4v) is 3.21. The van der Waals surface area contributed by atoms with Crippen molar-refractivity contribution in [2.45, 2.75) is 52.0 Å². The quantitative estimate of drug-likeness (QED) is 0.877. The van der Waals surface area contributed by atoms with Crippen LogP contribution in [0.1, 0.15) is 55.5 Å². The summed E-state index contributed by atoms with van der Waals surface area (Å²) < 4.78 is 0. The average molecular weight is 303 g/mol. The summed E-state index contributed by atoms with van der Waals surface area (Å²) in [6, 6.07) is 6.85. The highest BCUT2D eigenvalue weighted by Gasteiger charge is 2.24. The molecule has 4 heteroatoms. The van der Waals surface area contributed by atoms with Crippen LogP contribution in [0, 0.1) is 11.8 Å². The fraction of sp³-hybridized carbons (Fsp3) is 0.556. The Labute approximate surface area is 131 Å². The molecule has 0 aromatic heterocycles. The molecule has 0 bridgehead atoms. The van der Waals surface area contributed by atoms with Crippen LogP contribution in [0.4, 0.5) is 0 Å². The maximum atomic E-state index is 12.1. The molecule has 120 valence electrons. The van der Waals surface area contributed by atoms with Gasteiger partial charge in [-0.25, -0.2) is 4.79 Å². The summed E-state index contributed by atoms with van der Waals surface area (Å²) >= 11 is 0. The first-order valence-electron chi connectivity index (χ1n) is 8.07. The third kappa shape index (κ3) is 4.58. The second kappa shape index (κ2) is 7.43. The molecule has 0 aliphatic heterocycles. The normalized spacial score (nSPS) is 21.6. The molecule has 1 fully saturated rings. The van der Waals surface area contributed by atoms with Crippen molar-refractivity contribution in [1.29, 1.82) is 0 Å². The van der Waals surface area contributed by atoms with Gasteiger partial charge >= 0.3 is 5.97 Å². The molecular weight excluding hydrogens is 278 g/mol. The van der Waals surface area contributed by atoms with Gasteiger partial charge in [-0.15, -0.1) is 0 Å². The first-order valence-corrected chi connectivity index (χ1v) is 8.07. The third-order valence-electron chi connectivity index (χ3n) is 4.62. The van der Waals surface area contributed by atoms with Crippen LogP contribution in [0.5, 0.6) is 0 Å². The lowest BCUT2D eigenvalue weighted by Crippen LogP contribution is -2.39. The van der Waals surface area contributed by atoms with Crippen LogP contribution >= 0.6 is 0 Å². The van der Waals surface area contributed by atoms with Gasteiger partial charge in [0.15, 0.2) is 0 Å². The van der Waals surface area contributed by atoms with E-state index in [0.717, 1.165) is 30.2 Å². The molecule has 0 atom stereocenters. The van der Waals surface area contributed by atoms with Crippen molar-refractivity contribution in [3.05, 3.63) is 35.4 Å². The molecule has 1 amide bonds. The average Bonchev–Trinajstić information content (AvgIpc) is 2.47. The molecule has 0 heterocycles. The van der Waals surface area contributed by atoms with E-state index in [1.54, 1.807) is 18.2 Å². The highest BCUT2D eigenvalue weighted by atomic mass is 16.4. The topological polar surface area (TPSA) is 66.4 Å². The summed E-state index contributed by atoms with van der Waals surface area (Å²) in [6.07, 6.45) is 4.69. The predicted octanol–water partition coefficient (Wildman–Crippen LogP) is 3.26. The van der Waals surface area contributed by atoms with Crippen molar-refractivity contribution in [2.75, 3.05) is 0 Å². The van der Waals surface area contributed by atoms with E-state index < -0.39 is 5.97 Å². The van der Waals surface area contributed by atoms with Gasteiger partial charge in [-0.05, 0) is 55.2 Å². The Kier molecular flexibility index (Phi) is 5.58. The van der Waals surface area contributed by atoms with Gasteiger partial charge in [-0.3, -0.25) is 4.79 Å². The molecule has 4 nitrogen and oxygen atoms in total. The minimum Gasteiger partial charge on any atom is -0.478 e. The fourth-order valence-electron chi connectivity index (χ4n) is 3.21. The lowest BCUT2D eigenvalue weighted by molar-refractivity contribution is -0.121. The van der Waals surface area contributed by atoms with Crippen molar-refractivity contribution in [3.8, 4) is 0 Å². The molecular formula is C18H25NO3. The zero-order valence-corrected chi connectivity index (χ0v) is 13.3. The van der Waals surface area contributed by atoms with Gasteiger partial charge in [0.25, 0.3) is 0 Å². The molecule has 1 saturated carbocycles. The van der Waals surface area contributed by atoms with Crippen LogP contribution in [-0.2, 0) is 11.2 Å². The lowest BCUT2D eigenvalue weighted by atomic mass is 9.79. The van der Waals surface area contributed by atoms with Crippen LogP contribution in [0.25, 0.3) is 0 Å². The van der Waals surface area contributed by atoms with E-state index >= 15 is 0 Å². The number of aromatic carboxylic acids is 1. The Morgan fingerprint density at radius 1 is 1.23 bits per heavy atom. The number of carboxylic acid groups (broad SMARTS) is 1. The summed E-state index contributed by atoms with van der Waals surface area (Å²) in [5, 5.41) is 12.1. The Morgan fingerprint density at radius 3 is 2.50 bits per heavy atom. The van der Waals surface area contributed by atoms with Crippen molar-refractivity contribution in [3.63, 3.8) is 0 Å². The van der Waals surface area contributed by atoms with Crippen LogP contribution in [0.2, 0.25) is 0 Å². The molecule has 0 spiro atoms. The molecule has 22 heavy (non-hydrogen) atoms. The van der Waals surface area contributed by atoms with E-state index in [1.165, 1.54) is 18.9 Å². The largest absolute Gasteiger partial charge is 0.478 e. The first-order chi connectivity index (χ1) is 10.5. The zero-order chi connectivity index (χ0) is 16.1. The Balaban J connectivity index is 1.84. The summed E-state index contributed by atoms with van der Waals surface area (Å²) in [5.74, 6) is 0.514. The lowest BCUT2D eigenvalue weighted by Gasteiger charge is -2.31. The van der Waals surface area contributed by atoms with E-state index in [-0.39, 0.29) is 23.9 Å². The van der Waals surface area contributed by atoms with E-state index in [0.29, 0.717) is 0 Å². The van der Waals surface area contributed by atoms with E-state index in [2.05, 4.69) is 19.2 Å². The van der Waals surface area contributed by atoms with Gasteiger partial charge in [0, 0.05) is 6.04 Å². The molecule has 2 N–H and O–H groups in total. The number of nitrogens with one attached hydrogen (secondary N) is 1. The van der Waals surface area contributed by atoms with Gasteiger partial charge in [-0.1, -0.05) is 26.0 Å². The van der Waals surface area contributed by atoms with Crippen LogP contribution < -0.4 is 5.32 Å². The van der Waals surface area contributed by atoms with Crippen LogP contribution in [-0.4, -0.2) is 23.0 Å². The van der Waals surface area contributed by atoms with Crippen molar-refractivity contribution in [2.24, 2.45) is 11.8 Å². The number of rotatable bonds is 5. The first kappa shape index (κ1) is 16.5. The highest BCUT2D eigenvalue weighted by molar-refractivity contribution is 5.88. The molecule has 0 unspecified atom stereocenters. The monoisotopic (exact) mass is 303 g/mol. The molecule has 0 saturated heterocycles. The van der Waals surface area contributed by atoms with Crippen LogP contribution in [0.15, 0.2) is 24.3 Å². The van der Waals surface area contributed by atoms with Gasteiger partial charge in [0.2, 0.25) is 5.91 Å². The SMILES string of the molecule is CC(C)C1CCC(NC(=O)Cc2cccc(C(=O)O)c2)CC1. The molecule has 0 radical (unpaired) electrons. The van der Waals surface area contributed by atoms with Crippen molar-refractivity contribution >= 4 is 11.9 Å². The van der Waals surface area contributed by atoms with E-state index in [1.807, 2.05) is 0 Å². The second-order valence-corrected chi connectivity index (χ2v) is 6.61. The number of amides is 1. The summed E-state index contributed by atoms with van der Waals surface area (Å²) in [4.78, 5) is 23.1.